The average molecular weight is 348 g/mol. The topological polar surface area (TPSA) is 59.6 Å². The lowest BCUT2D eigenvalue weighted by Crippen LogP contribution is -2.47. The first-order valence-corrected chi connectivity index (χ1v) is 9.28. The molecule has 1 saturated heterocycles. The molecule has 1 fully saturated rings. The standard InChI is InChI=1S/C20H32N2O3/c1-4-16(2)17-7-5-6-8-18(17)25-13-19(23)22-14-20(15-24-3)9-11-21-12-10-20/h5-8,16,21H,4,9-15H2,1-3H3,(H,22,23). The van der Waals surface area contributed by atoms with Gasteiger partial charge in [-0.2, -0.15) is 0 Å². The third-order valence-corrected chi connectivity index (χ3v) is 5.20. The lowest BCUT2D eigenvalue weighted by atomic mass is 9.79. The van der Waals surface area contributed by atoms with Gasteiger partial charge in [-0.3, -0.25) is 4.79 Å². The second kappa shape index (κ2) is 9.78. The normalized spacial score (nSPS) is 17.7. The highest BCUT2D eigenvalue weighted by Gasteiger charge is 2.32. The number of hydrogen-bond donors (Lipinski definition) is 2. The Morgan fingerprint density at radius 2 is 2.04 bits per heavy atom. The van der Waals surface area contributed by atoms with Crippen LogP contribution in [0.3, 0.4) is 0 Å². The van der Waals surface area contributed by atoms with Crippen LogP contribution in [0.4, 0.5) is 0 Å². The number of benzene rings is 1. The van der Waals surface area contributed by atoms with Gasteiger partial charge in [0.05, 0.1) is 6.61 Å². The van der Waals surface area contributed by atoms with Gasteiger partial charge in [-0.15, -0.1) is 0 Å². The van der Waals surface area contributed by atoms with Gasteiger partial charge in [-0.05, 0) is 49.9 Å². The quantitative estimate of drug-likeness (QED) is 0.720. The molecule has 0 bridgehead atoms. The fourth-order valence-corrected chi connectivity index (χ4v) is 3.35. The number of carbonyl (C=O) groups is 1. The number of nitrogens with one attached hydrogen (secondary N) is 2. The van der Waals surface area contributed by atoms with Crippen molar-refractivity contribution in [2.24, 2.45) is 5.41 Å². The number of para-hydroxylation sites is 1. The number of methoxy groups -OCH3 is 1. The molecule has 0 aliphatic carbocycles. The highest BCUT2D eigenvalue weighted by Crippen LogP contribution is 2.29. The summed E-state index contributed by atoms with van der Waals surface area (Å²) < 4.78 is 11.2. The molecule has 140 valence electrons. The molecule has 1 unspecified atom stereocenters. The van der Waals surface area contributed by atoms with Crippen molar-refractivity contribution >= 4 is 5.91 Å². The Morgan fingerprint density at radius 3 is 2.72 bits per heavy atom. The molecule has 0 saturated carbocycles. The Labute approximate surface area is 151 Å². The summed E-state index contributed by atoms with van der Waals surface area (Å²) in [6, 6.07) is 7.97. The van der Waals surface area contributed by atoms with Crippen LogP contribution in [0.25, 0.3) is 0 Å². The van der Waals surface area contributed by atoms with Gasteiger partial charge in [-0.25, -0.2) is 0 Å². The van der Waals surface area contributed by atoms with Crippen LogP contribution in [-0.2, 0) is 9.53 Å². The molecule has 0 aromatic heterocycles. The van der Waals surface area contributed by atoms with Crippen molar-refractivity contribution in [1.29, 1.82) is 0 Å². The molecule has 25 heavy (non-hydrogen) atoms. The van der Waals surface area contributed by atoms with Gasteiger partial charge in [0, 0.05) is 19.1 Å². The molecule has 0 spiro atoms. The highest BCUT2D eigenvalue weighted by molar-refractivity contribution is 5.77. The summed E-state index contributed by atoms with van der Waals surface area (Å²) in [4.78, 5) is 12.3. The zero-order chi connectivity index (χ0) is 18.1. The minimum absolute atomic E-state index is 0.0320. The van der Waals surface area contributed by atoms with Gasteiger partial charge in [0.2, 0.25) is 0 Å². The van der Waals surface area contributed by atoms with Crippen LogP contribution < -0.4 is 15.4 Å². The van der Waals surface area contributed by atoms with Crippen molar-refractivity contribution in [1.82, 2.24) is 10.6 Å². The van der Waals surface area contributed by atoms with Crippen LogP contribution in [0.15, 0.2) is 24.3 Å². The summed E-state index contributed by atoms with van der Waals surface area (Å²) in [7, 11) is 1.72. The number of rotatable bonds is 9. The Kier molecular flexibility index (Phi) is 7.72. The zero-order valence-corrected chi connectivity index (χ0v) is 15.8. The van der Waals surface area contributed by atoms with E-state index < -0.39 is 0 Å². The van der Waals surface area contributed by atoms with Gasteiger partial charge in [0.1, 0.15) is 5.75 Å². The number of piperidine rings is 1. The van der Waals surface area contributed by atoms with Gasteiger partial charge in [-0.1, -0.05) is 32.0 Å². The summed E-state index contributed by atoms with van der Waals surface area (Å²) in [6.07, 6.45) is 3.07. The smallest absolute Gasteiger partial charge is 0.257 e. The van der Waals surface area contributed by atoms with E-state index in [9.17, 15) is 4.79 Å². The third kappa shape index (κ3) is 5.72. The fourth-order valence-electron chi connectivity index (χ4n) is 3.35. The lowest BCUT2D eigenvalue weighted by molar-refractivity contribution is -0.124. The maximum absolute atomic E-state index is 12.3. The van der Waals surface area contributed by atoms with E-state index in [0.717, 1.165) is 43.7 Å². The molecule has 2 rings (SSSR count). The van der Waals surface area contributed by atoms with Gasteiger partial charge >= 0.3 is 0 Å². The molecule has 1 aliphatic rings. The highest BCUT2D eigenvalue weighted by atomic mass is 16.5. The Balaban J connectivity index is 1.86. The monoisotopic (exact) mass is 348 g/mol. The van der Waals surface area contributed by atoms with Crippen molar-refractivity contribution in [2.45, 2.75) is 39.0 Å². The molecule has 0 radical (unpaired) electrons. The SMILES string of the molecule is CCC(C)c1ccccc1OCC(=O)NCC1(COC)CCNCC1. The van der Waals surface area contributed by atoms with E-state index in [-0.39, 0.29) is 17.9 Å². The molecule has 1 aliphatic heterocycles. The first-order chi connectivity index (χ1) is 12.1. The molecular weight excluding hydrogens is 316 g/mol. The second-order valence-electron chi connectivity index (χ2n) is 7.10. The van der Waals surface area contributed by atoms with Gasteiger partial charge in [0.15, 0.2) is 6.61 Å². The number of ether oxygens (including phenoxy) is 2. The van der Waals surface area contributed by atoms with E-state index in [2.05, 4.69) is 30.5 Å². The fraction of sp³-hybridized carbons (Fsp3) is 0.650. The molecule has 5 nitrogen and oxygen atoms in total. The number of hydrogen-bond acceptors (Lipinski definition) is 4. The summed E-state index contributed by atoms with van der Waals surface area (Å²) in [6.45, 7) is 7.63. The molecule has 1 aromatic carbocycles. The maximum atomic E-state index is 12.3. The molecular formula is C20H32N2O3. The maximum Gasteiger partial charge on any atom is 0.257 e. The zero-order valence-electron chi connectivity index (χ0n) is 15.8. The van der Waals surface area contributed by atoms with Gasteiger partial charge in [0.25, 0.3) is 5.91 Å². The lowest BCUT2D eigenvalue weighted by Gasteiger charge is -2.37. The van der Waals surface area contributed by atoms with E-state index in [0.29, 0.717) is 19.1 Å². The predicted molar refractivity (Wildman–Crippen MR) is 100 cm³/mol. The van der Waals surface area contributed by atoms with Crippen molar-refractivity contribution in [3.05, 3.63) is 29.8 Å². The van der Waals surface area contributed by atoms with Crippen LogP contribution in [0.1, 0.15) is 44.6 Å². The molecule has 5 heteroatoms. The van der Waals surface area contributed by atoms with E-state index in [1.165, 1.54) is 0 Å². The predicted octanol–water partition coefficient (Wildman–Crippen LogP) is 2.71. The summed E-state index contributed by atoms with van der Waals surface area (Å²) in [5.41, 5.74) is 1.19. The molecule has 2 N–H and O–H groups in total. The Bertz CT molecular complexity index is 536. The Hall–Kier alpha value is -1.59. The molecule has 1 amide bonds. The van der Waals surface area contributed by atoms with Crippen LogP contribution in [0.2, 0.25) is 0 Å². The molecule has 1 atom stereocenters. The summed E-state index contributed by atoms with van der Waals surface area (Å²) >= 11 is 0. The van der Waals surface area contributed by atoms with E-state index >= 15 is 0 Å². The summed E-state index contributed by atoms with van der Waals surface area (Å²) in [5, 5.41) is 6.40. The number of amides is 1. The largest absolute Gasteiger partial charge is 0.483 e. The van der Waals surface area contributed by atoms with Crippen molar-refractivity contribution in [3.63, 3.8) is 0 Å². The Morgan fingerprint density at radius 1 is 1.32 bits per heavy atom. The second-order valence-corrected chi connectivity index (χ2v) is 7.10. The molecule has 1 aromatic rings. The molecule has 1 heterocycles. The average Bonchev–Trinajstić information content (AvgIpc) is 2.65. The van der Waals surface area contributed by atoms with Crippen molar-refractivity contribution in [3.8, 4) is 5.75 Å². The van der Waals surface area contributed by atoms with E-state index in [1.54, 1.807) is 7.11 Å². The van der Waals surface area contributed by atoms with Gasteiger partial charge < -0.3 is 20.1 Å². The van der Waals surface area contributed by atoms with E-state index in [4.69, 9.17) is 9.47 Å². The first-order valence-electron chi connectivity index (χ1n) is 9.28. The minimum Gasteiger partial charge on any atom is -0.483 e. The van der Waals surface area contributed by atoms with Crippen molar-refractivity contribution in [2.75, 3.05) is 40.0 Å². The van der Waals surface area contributed by atoms with Crippen molar-refractivity contribution < 1.29 is 14.3 Å². The summed E-state index contributed by atoms with van der Waals surface area (Å²) in [5.74, 6) is 1.15. The first kappa shape index (κ1) is 19.7. The number of carbonyl (C=O) groups excluding carboxylic acids is 1. The van der Waals surface area contributed by atoms with Crippen LogP contribution in [-0.4, -0.2) is 45.9 Å². The van der Waals surface area contributed by atoms with Crippen LogP contribution >= 0.6 is 0 Å². The van der Waals surface area contributed by atoms with Crippen LogP contribution in [0, 0.1) is 5.41 Å². The minimum atomic E-state index is -0.0760. The van der Waals surface area contributed by atoms with E-state index in [1.807, 2.05) is 18.2 Å². The van der Waals surface area contributed by atoms with Crippen LogP contribution in [0.5, 0.6) is 5.75 Å². The third-order valence-electron chi connectivity index (χ3n) is 5.20.